The van der Waals surface area contributed by atoms with Crippen molar-refractivity contribution in [2.45, 2.75) is 32.9 Å². The summed E-state index contributed by atoms with van der Waals surface area (Å²) in [6, 6.07) is 15.8. The normalized spacial score (nSPS) is 10.6. The minimum Gasteiger partial charge on any atom is -0.347 e. The molecule has 0 unspecified atom stereocenters. The van der Waals surface area contributed by atoms with Crippen LogP contribution in [0.4, 0.5) is 4.39 Å². The highest BCUT2D eigenvalue weighted by Gasteiger charge is 2.24. The smallest absolute Gasteiger partial charge is 0.312 e. The van der Waals surface area contributed by atoms with Gasteiger partial charge in [-0.25, -0.2) is 4.39 Å². The van der Waals surface area contributed by atoms with Gasteiger partial charge in [-0.3, -0.25) is 9.59 Å². The van der Waals surface area contributed by atoms with Gasteiger partial charge in [0.25, 0.3) is 0 Å². The molecule has 0 heterocycles. The lowest BCUT2D eigenvalue weighted by Crippen LogP contribution is -2.46. The van der Waals surface area contributed by atoms with E-state index in [1.807, 2.05) is 44.2 Å². The van der Waals surface area contributed by atoms with Crippen LogP contribution in [0.15, 0.2) is 54.6 Å². The molecular weight excluding hydrogens is 319 g/mol. The van der Waals surface area contributed by atoms with Crippen LogP contribution in [0.2, 0.25) is 0 Å². The van der Waals surface area contributed by atoms with E-state index in [-0.39, 0.29) is 18.4 Å². The lowest BCUT2D eigenvalue weighted by molar-refractivity contribution is -0.147. The van der Waals surface area contributed by atoms with Crippen LogP contribution in [0.1, 0.15) is 25.0 Å². The number of hydrogen-bond donors (Lipinski definition) is 1. The molecule has 25 heavy (non-hydrogen) atoms. The summed E-state index contributed by atoms with van der Waals surface area (Å²) in [5.41, 5.74) is 1.48. The molecular formula is C20H23FN2O2. The first-order chi connectivity index (χ1) is 12.0. The number of rotatable bonds is 6. The van der Waals surface area contributed by atoms with Crippen molar-refractivity contribution < 1.29 is 14.0 Å². The summed E-state index contributed by atoms with van der Waals surface area (Å²) < 4.78 is 13.6. The number of carbonyl (C=O) groups excluding carboxylic acids is 2. The van der Waals surface area contributed by atoms with Crippen molar-refractivity contribution >= 4 is 11.8 Å². The second-order valence-corrected chi connectivity index (χ2v) is 6.11. The second-order valence-electron chi connectivity index (χ2n) is 6.11. The van der Waals surface area contributed by atoms with Crippen molar-refractivity contribution in [3.8, 4) is 0 Å². The third-order valence-corrected chi connectivity index (χ3v) is 3.91. The number of nitrogens with zero attached hydrogens (tertiary/aromatic N) is 1. The number of halogens is 1. The molecule has 0 spiro atoms. The Morgan fingerprint density at radius 1 is 1.04 bits per heavy atom. The lowest BCUT2D eigenvalue weighted by atomic mass is 10.1. The standard InChI is InChI=1S/C20H23FN2O2/c1-15(2)23(14-16-8-4-3-5-9-16)20(25)19(24)22-13-12-17-10-6-7-11-18(17)21/h3-11,15H,12-14H2,1-2H3,(H,22,24). The van der Waals surface area contributed by atoms with Gasteiger partial charge in [0.15, 0.2) is 0 Å². The highest BCUT2D eigenvalue weighted by molar-refractivity contribution is 6.35. The number of nitrogens with one attached hydrogen (secondary N) is 1. The maximum Gasteiger partial charge on any atom is 0.312 e. The van der Waals surface area contributed by atoms with Crippen LogP contribution >= 0.6 is 0 Å². The molecule has 0 aliphatic carbocycles. The van der Waals surface area contributed by atoms with Gasteiger partial charge in [-0.05, 0) is 37.5 Å². The molecule has 0 bridgehead atoms. The number of carbonyl (C=O) groups is 2. The fourth-order valence-electron chi connectivity index (χ4n) is 2.49. The first kappa shape index (κ1) is 18.6. The minimum atomic E-state index is -0.666. The molecule has 2 amide bonds. The monoisotopic (exact) mass is 342 g/mol. The Bertz CT molecular complexity index is 717. The van der Waals surface area contributed by atoms with Crippen molar-refractivity contribution in [3.63, 3.8) is 0 Å². The van der Waals surface area contributed by atoms with E-state index in [0.717, 1.165) is 5.56 Å². The van der Waals surface area contributed by atoms with E-state index in [4.69, 9.17) is 0 Å². The SMILES string of the molecule is CC(C)N(Cc1ccccc1)C(=O)C(=O)NCCc1ccccc1F. The highest BCUT2D eigenvalue weighted by atomic mass is 19.1. The molecule has 1 N–H and O–H groups in total. The summed E-state index contributed by atoms with van der Waals surface area (Å²) >= 11 is 0. The molecule has 2 rings (SSSR count). The van der Waals surface area contributed by atoms with Gasteiger partial charge in [-0.1, -0.05) is 48.5 Å². The van der Waals surface area contributed by atoms with Crippen LogP contribution < -0.4 is 5.32 Å². The first-order valence-corrected chi connectivity index (χ1v) is 8.35. The van der Waals surface area contributed by atoms with Crippen molar-refractivity contribution in [2.24, 2.45) is 0 Å². The minimum absolute atomic E-state index is 0.106. The molecule has 2 aromatic rings. The zero-order chi connectivity index (χ0) is 18.2. The van der Waals surface area contributed by atoms with Crippen LogP contribution in [0, 0.1) is 5.82 Å². The van der Waals surface area contributed by atoms with E-state index < -0.39 is 11.8 Å². The number of amides is 2. The molecule has 0 saturated carbocycles. The topological polar surface area (TPSA) is 49.4 Å². The van der Waals surface area contributed by atoms with Crippen LogP contribution in [0.3, 0.4) is 0 Å². The summed E-state index contributed by atoms with van der Waals surface area (Å²) in [5, 5.41) is 2.58. The van der Waals surface area contributed by atoms with Gasteiger partial charge in [0.05, 0.1) is 0 Å². The van der Waals surface area contributed by atoms with E-state index >= 15 is 0 Å². The van der Waals surface area contributed by atoms with E-state index in [1.54, 1.807) is 18.2 Å². The van der Waals surface area contributed by atoms with Crippen LogP contribution in [0.25, 0.3) is 0 Å². The fraction of sp³-hybridized carbons (Fsp3) is 0.300. The van der Waals surface area contributed by atoms with E-state index in [1.165, 1.54) is 11.0 Å². The Labute approximate surface area is 147 Å². The zero-order valence-corrected chi connectivity index (χ0v) is 14.5. The Kier molecular flexibility index (Phi) is 6.69. The van der Waals surface area contributed by atoms with Gasteiger partial charge in [-0.2, -0.15) is 0 Å². The van der Waals surface area contributed by atoms with Crippen LogP contribution in [-0.4, -0.2) is 29.3 Å². The Morgan fingerprint density at radius 2 is 1.68 bits per heavy atom. The molecule has 0 atom stereocenters. The highest BCUT2D eigenvalue weighted by Crippen LogP contribution is 2.09. The van der Waals surface area contributed by atoms with Crippen molar-refractivity contribution in [3.05, 3.63) is 71.5 Å². The zero-order valence-electron chi connectivity index (χ0n) is 14.5. The molecule has 4 nitrogen and oxygen atoms in total. The quantitative estimate of drug-likeness (QED) is 0.821. The largest absolute Gasteiger partial charge is 0.347 e. The molecule has 132 valence electrons. The van der Waals surface area contributed by atoms with E-state index in [9.17, 15) is 14.0 Å². The Balaban J connectivity index is 1.92. The summed E-state index contributed by atoms with van der Waals surface area (Å²) in [4.78, 5) is 26.1. The second kappa shape index (κ2) is 8.97. The first-order valence-electron chi connectivity index (χ1n) is 8.35. The predicted octanol–water partition coefficient (Wildman–Crippen LogP) is 2.92. The van der Waals surface area contributed by atoms with Crippen LogP contribution in [-0.2, 0) is 22.6 Å². The van der Waals surface area contributed by atoms with Crippen molar-refractivity contribution in [1.82, 2.24) is 10.2 Å². The van der Waals surface area contributed by atoms with Gasteiger partial charge >= 0.3 is 11.8 Å². The van der Waals surface area contributed by atoms with Gasteiger partial charge in [0.1, 0.15) is 5.82 Å². The lowest BCUT2D eigenvalue weighted by Gasteiger charge is -2.26. The maximum absolute atomic E-state index is 13.6. The third-order valence-electron chi connectivity index (χ3n) is 3.91. The molecule has 0 radical (unpaired) electrons. The third kappa shape index (κ3) is 5.41. The molecule has 0 aliphatic heterocycles. The Hall–Kier alpha value is -2.69. The summed E-state index contributed by atoms with van der Waals surface area (Å²) in [6.45, 7) is 4.32. The molecule has 5 heteroatoms. The summed E-state index contributed by atoms with van der Waals surface area (Å²) in [6.07, 6.45) is 0.339. The predicted molar refractivity (Wildman–Crippen MR) is 95.2 cm³/mol. The Morgan fingerprint density at radius 3 is 2.32 bits per heavy atom. The van der Waals surface area contributed by atoms with Gasteiger partial charge in [0.2, 0.25) is 0 Å². The van der Waals surface area contributed by atoms with Crippen molar-refractivity contribution in [2.75, 3.05) is 6.54 Å². The van der Waals surface area contributed by atoms with E-state index in [2.05, 4.69) is 5.32 Å². The van der Waals surface area contributed by atoms with Crippen LogP contribution in [0.5, 0.6) is 0 Å². The molecule has 0 aromatic heterocycles. The number of hydrogen-bond acceptors (Lipinski definition) is 2. The number of benzene rings is 2. The molecule has 0 aliphatic rings. The summed E-state index contributed by atoms with van der Waals surface area (Å²) in [7, 11) is 0. The maximum atomic E-state index is 13.6. The summed E-state index contributed by atoms with van der Waals surface area (Å²) in [5.74, 6) is -1.55. The molecule has 0 saturated heterocycles. The average Bonchev–Trinajstić information content (AvgIpc) is 2.61. The molecule has 2 aromatic carbocycles. The average molecular weight is 342 g/mol. The van der Waals surface area contributed by atoms with Gasteiger partial charge < -0.3 is 10.2 Å². The van der Waals surface area contributed by atoms with E-state index in [0.29, 0.717) is 18.5 Å². The molecule has 0 fully saturated rings. The van der Waals surface area contributed by atoms with Crippen molar-refractivity contribution in [1.29, 1.82) is 0 Å². The van der Waals surface area contributed by atoms with Gasteiger partial charge in [0, 0.05) is 19.1 Å². The fourth-order valence-corrected chi connectivity index (χ4v) is 2.49. The van der Waals surface area contributed by atoms with Gasteiger partial charge in [-0.15, -0.1) is 0 Å².